The molecule has 0 atom stereocenters. The number of hydrogen-bond acceptors (Lipinski definition) is 4. The molecule has 0 aliphatic heterocycles. The van der Waals surface area contributed by atoms with Crippen molar-refractivity contribution in [3.05, 3.63) is 0 Å². The summed E-state index contributed by atoms with van der Waals surface area (Å²) < 4.78 is 23.2. The lowest BCUT2D eigenvalue weighted by atomic mass is 9.92. The SMILES string of the molecule is C.C.C.C.C.C.C.C.CCCOCC(COCCC)(COCCC)COCCC. The maximum atomic E-state index is 5.80. The molecule has 0 aliphatic rings. The molecule has 0 saturated heterocycles. The fraction of sp³-hybridized carbons (Fsp3) is 1.00. The summed E-state index contributed by atoms with van der Waals surface area (Å²) in [5, 5.41) is 0. The minimum atomic E-state index is -0.186. The van der Waals surface area contributed by atoms with Gasteiger partial charge in [-0.05, 0) is 25.7 Å². The Morgan fingerprint density at radius 1 is 0.379 bits per heavy atom. The van der Waals surface area contributed by atoms with Crippen LogP contribution in [0.3, 0.4) is 0 Å². The Morgan fingerprint density at radius 2 is 0.552 bits per heavy atom. The average Bonchev–Trinajstić information content (AvgIpc) is 2.48. The van der Waals surface area contributed by atoms with E-state index in [2.05, 4.69) is 27.7 Å². The maximum Gasteiger partial charge on any atom is 0.0637 e. The first-order chi connectivity index (χ1) is 10.2. The second-order valence-corrected chi connectivity index (χ2v) is 5.71. The Balaban J connectivity index is -0.0000000714. The van der Waals surface area contributed by atoms with Crippen molar-refractivity contribution >= 4 is 0 Å². The van der Waals surface area contributed by atoms with E-state index in [0.29, 0.717) is 26.4 Å². The average molecular weight is 433 g/mol. The summed E-state index contributed by atoms with van der Waals surface area (Å²) in [5.41, 5.74) is -0.186. The molecule has 0 aliphatic carbocycles. The minimum Gasteiger partial charge on any atom is -0.381 e. The van der Waals surface area contributed by atoms with Crippen molar-refractivity contribution in [2.45, 2.75) is 113 Å². The molecule has 192 valence electrons. The molecule has 0 unspecified atom stereocenters. The molecule has 0 aromatic rings. The van der Waals surface area contributed by atoms with E-state index < -0.39 is 0 Å². The molecule has 0 N–H and O–H groups in total. The Morgan fingerprint density at radius 3 is 0.690 bits per heavy atom. The minimum absolute atomic E-state index is 0. The molecule has 0 radical (unpaired) electrons. The van der Waals surface area contributed by atoms with Gasteiger partial charge in [0.15, 0.2) is 0 Å². The summed E-state index contributed by atoms with van der Waals surface area (Å²) in [6.07, 6.45) is 4.10. The Hall–Kier alpha value is -0.160. The molecule has 4 heteroatoms. The molecule has 29 heavy (non-hydrogen) atoms. The van der Waals surface area contributed by atoms with Crippen molar-refractivity contribution < 1.29 is 18.9 Å². The first-order valence-corrected chi connectivity index (χ1v) is 8.55. The predicted octanol–water partition coefficient (Wildman–Crippen LogP) is 8.77. The third-order valence-corrected chi connectivity index (χ3v) is 3.03. The molecule has 0 aromatic carbocycles. The van der Waals surface area contributed by atoms with E-state index in [1.807, 2.05) is 0 Å². The summed E-state index contributed by atoms with van der Waals surface area (Å²) in [5.74, 6) is 0. The molecule has 0 rings (SSSR count). The van der Waals surface area contributed by atoms with Crippen molar-refractivity contribution in [2.24, 2.45) is 5.41 Å². The molecule has 0 aromatic heterocycles. The van der Waals surface area contributed by atoms with Crippen LogP contribution in [0.5, 0.6) is 0 Å². The monoisotopic (exact) mass is 433 g/mol. The van der Waals surface area contributed by atoms with Crippen LogP contribution in [0.1, 0.15) is 113 Å². The van der Waals surface area contributed by atoms with Gasteiger partial charge in [0.1, 0.15) is 0 Å². The van der Waals surface area contributed by atoms with Gasteiger partial charge in [0.2, 0.25) is 0 Å². The number of hydrogen-bond donors (Lipinski definition) is 0. The van der Waals surface area contributed by atoms with E-state index in [9.17, 15) is 0 Å². The van der Waals surface area contributed by atoms with Crippen LogP contribution in [0.15, 0.2) is 0 Å². The van der Waals surface area contributed by atoms with Gasteiger partial charge in [-0.15, -0.1) is 0 Å². The van der Waals surface area contributed by atoms with E-state index >= 15 is 0 Å². The van der Waals surface area contributed by atoms with Crippen LogP contribution in [0.25, 0.3) is 0 Å². The van der Waals surface area contributed by atoms with E-state index in [4.69, 9.17) is 18.9 Å². The highest BCUT2D eigenvalue weighted by Crippen LogP contribution is 2.21. The highest BCUT2D eigenvalue weighted by atomic mass is 16.5. The normalized spacial score (nSPS) is 8.69. The topological polar surface area (TPSA) is 36.9 Å². The molecule has 0 heterocycles. The molecule has 0 saturated carbocycles. The van der Waals surface area contributed by atoms with Gasteiger partial charge >= 0.3 is 0 Å². The first kappa shape index (κ1) is 56.8. The largest absolute Gasteiger partial charge is 0.381 e. The Bertz CT molecular complexity index is 165. The van der Waals surface area contributed by atoms with Gasteiger partial charge in [-0.2, -0.15) is 0 Å². The standard InChI is InChI=1S/C17H36O4.8CH4/c1-5-9-18-13-17(14-19-10-6-2,15-20-11-7-3)16-21-12-8-4;;;;;;;;/h5-16H2,1-4H3;8*1H4. The van der Waals surface area contributed by atoms with Crippen LogP contribution in [0.2, 0.25) is 0 Å². The van der Waals surface area contributed by atoms with Crippen LogP contribution in [-0.2, 0) is 18.9 Å². The Kier molecular flexibility index (Phi) is 82.3. The quantitative estimate of drug-likeness (QED) is 0.228. The van der Waals surface area contributed by atoms with Crippen LogP contribution in [-0.4, -0.2) is 52.9 Å². The van der Waals surface area contributed by atoms with Gasteiger partial charge in [-0.1, -0.05) is 87.1 Å². The van der Waals surface area contributed by atoms with E-state index in [0.717, 1.165) is 52.1 Å². The van der Waals surface area contributed by atoms with Crippen molar-refractivity contribution in [3.8, 4) is 0 Å². The molecule has 0 fully saturated rings. The van der Waals surface area contributed by atoms with Crippen molar-refractivity contribution in [1.29, 1.82) is 0 Å². The number of rotatable bonds is 16. The Labute approximate surface area is 190 Å². The van der Waals surface area contributed by atoms with Gasteiger partial charge in [0, 0.05) is 26.4 Å². The zero-order valence-corrected chi connectivity index (χ0v) is 14.6. The summed E-state index contributed by atoms with van der Waals surface area (Å²) in [6.45, 7) is 14.1. The van der Waals surface area contributed by atoms with Gasteiger partial charge < -0.3 is 18.9 Å². The summed E-state index contributed by atoms with van der Waals surface area (Å²) in [4.78, 5) is 0. The molecular weight excluding hydrogens is 364 g/mol. The van der Waals surface area contributed by atoms with Gasteiger partial charge in [0.05, 0.1) is 31.8 Å². The van der Waals surface area contributed by atoms with Crippen molar-refractivity contribution in [3.63, 3.8) is 0 Å². The van der Waals surface area contributed by atoms with E-state index in [1.165, 1.54) is 0 Å². The van der Waals surface area contributed by atoms with Crippen LogP contribution in [0.4, 0.5) is 0 Å². The number of ether oxygens (including phenoxy) is 4. The van der Waals surface area contributed by atoms with Crippen molar-refractivity contribution in [2.75, 3.05) is 52.9 Å². The van der Waals surface area contributed by atoms with Crippen LogP contribution < -0.4 is 0 Å². The van der Waals surface area contributed by atoms with E-state index in [1.54, 1.807) is 0 Å². The fourth-order valence-corrected chi connectivity index (χ4v) is 1.98. The third kappa shape index (κ3) is 32.7. The third-order valence-electron chi connectivity index (χ3n) is 3.03. The summed E-state index contributed by atoms with van der Waals surface area (Å²) >= 11 is 0. The second kappa shape index (κ2) is 42.0. The molecule has 0 spiro atoms. The lowest BCUT2D eigenvalue weighted by molar-refractivity contribution is -0.106. The van der Waals surface area contributed by atoms with E-state index in [-0.39, 0.29) is 64.8 Å². The molecule has 0 bridgehead atoms. The van der Waals surface area contributed by atoms with Gasteiger partial charge in [-0.25, -0.2) is 0 Å². The molecule has 4 nitrogen and oxygen atoms in total. The molecule has 0 amide bonds. The second-order valence-electron chi connectivity index (χ2n) is 5.71. The molecular formula is C25H68O4. The highest BCUT2D eigenvalue weighted by Gasteiger charge is 2.32. The highest BCUT2D eigenvalue weighted by molar-refractivity contribution is 4.79. The zero-order valence-electron chi connectivity index (χ0n) is 14.6. The van der Waals surface area contributed by atoms with Crippen molar-refractivity contribution in [1.82, 2.24) is 0 Å². The fourth-order valence-electron chi connectivity index (χ4n) is 1.98. The first-order valence-electron chi connectivity index (χ1n) is 8.55. The van der Waals surface area contributed by atoms with Crippen LogP contribution in [0, 0.1) is 5.41 Å². The predicted molar refractivity (Wildman–Crippen MR) is 141 cm³/mol. The summed E-state index contributed by atoms with van der Waals surface area (Å²) in [7, 11) is 0. The van der Waals surface area contributed by atoms with Gasteiger partial charge in [0.25, 0.3) is 0 Å². The smallest absolute Gasteiger partial charge is 0.0637 e. The van der Waals surface area contributed by atoms with Gasteiger partial charge in [-0.3, -0.25) is 0 Å². The van der Waals surface area contributed by atoms with Crippen LogP contribution >= 0.6 is 0 Å². The summed E-state index contributed by atoms with van der Waals surface area (Å²) in [6, 6.07) is 0. The lowest BCUT2D eigenvalue weighted by Gasteiger charge is -2.33. The maximum absolute atomic E-state index is 5.80. The zero-order chi connectivity index (χ0) is 15.8. The lowest BCUT2D eigenvalue weighted by Crippen LogP contribution is -2.42.